The molecule has 1 unspecified atom stereocenters. The lowest BCUT2D eigenvalue weighted by molar-refractivity contribution is 0.0676. The van der Waals surface area contributed by atoms with Crippen molar-refractivity contribution >= 4 is 8.80 Å². The Bertz CT molecular complexity index is 188. The van der Waals surface area contributed by atoms with E-state index in [0.29, 0.717) is 25.7 Å². The van der Waals surface area contributed by atoms with Gasteiger partial charge in [-0.25, -0.2) is 0 Å². The van der Waals surface area contributed by atoms with Crippen LogP contribution in [-0.2, 0) is 13.3 Å². The minimum Gasteiger partial charge on any atom is -0.374 e. The molecule has 0 aromatic rings. The molecule has 0 fully saturated rings. The Hall–Kier alpha value is 0.0569. The smallest absolute Gasteiger partial charge is 0.374 e. The molecule has 5 heteroatoms. The third-order valence-electron chi connectivity index (χ3n) is 2.89. The highest BCUT2D eigenvalue weighted by Crippen LogP contribution is 2.21. The zero-order valence-corrected chi connectivity index (χ0v) is 14.5. The van der Waals surface area contributed by atoms with E-state index in [0.717, 1.165) is 19.1 Å². The van der Waals surface area contributed by atoms with E-state index in [9.17, 15) is 0 Å². The van der Waals surface area contributed by atoms with E-state index in [2.05, 4.69) is 19.2 Å². The lowest BCUT2D eigenvalue weighted by Gasteiger charge is -2.30. The maximum atomic E-state index is 5.88. The maximum Gasteiger partial charge on any atom is 0.501 e. The van der Waals surface area contributed by atoms with E-state index in [1.165, 1.54) is 12.8 Å². The van der Waals surface area contributed by atoms with Crippen molar-refractivity contribution in [3.05, 3.63) is 0 Å². The summed E-state index contributed by atoms with van der Waals surface area (Å²) in [6.45, 7) is 14.5. The molecule has 0 aromatic carbocycles. The van der Waals surface area contributed by atoms with Crippen LogP contribution in [0.2, 0.25) is 6.04 Å². The van der Waals surface area contributed by atoms with E-state index >= 15 is 0 Å². The van der Waals surface area contributed by atoms with Gasteiger partial charge < -0.3 is 18.6 Å². The van der Waals surface area contributed by atoms with Crippen molar-refractivity contribution in [1.29, 1.82) is 0 Å². The fourth-order valence-corrected chi connectivity index (χ4v) is 5.03. The van der Waals surface area contributed by atoms with Crippen LogP contribution in [-0.4, -0.2) is 41.7 Å². The molecule has 1 N–H and O–H groups in total. The standard InChI is InChI=1S/C14H33NO3Si/c1-6-10-11-15-12-14(5)13-19(16-7-2,17-8-3)18-9-4/h14-15H,6-13H2,1-5H3. The summed E-state index contributed by atoms with van der Waals surface area (Å²) >= 11 is 0. The summed E-state index contributed by atoms with van der Waals surface area (Å²) in [5, 5.41) is 3.49. The van der Waals surface area contributed by atoms with Gasteiger partial charge in [0.05, 0.1) is 0 Å². The summed E-state index contributed by atoms with van der Waals surface area (Å²) in [5.74, 6) is 0.508. The highest BCUT2D eigenvalue weighted by Gasteiger charge is 2.41. The Morgan fingerprint density at radius 2 is 1.47 bits per heavy atom. The highest BCUT2D eigenvalue weighted by molar-refractivity contribution is 6.60. The molecule has 0 heterocycles. The monoisotopic (exact) mass is 291 g/mol. The van der Waals surface area contributed by atoms with Crippen molar-refractivity contribution in [3.8, 4) is 0 Å². The first kappa shape index (κ1) is 19.1. The van der Waals surface area contributed by atoms with E-state index in [1.807, 2.05) is 20.8 Å². The zero-order chi connectivity index (χ0) is 14.6. The first-order chi connectivity index (χ1) is 9.14. The van der Waals surface area contributed by atoms with E-state index < -0.39 is 8.80 Å². The molecular formula is C14H33NO3Si. The van der Waals surface area contributed by atoms with Crippen molar-refractivity contribution in [2.75, 3.05) is 32.9 Å². The van der Waals surface area contributed by atoms with Crippen molar-refractivity contribution in [1.82, 2.24) is 5.32 Å². The Labute approximate surface area is 120 Å². The second-order valence-electron chi connectivity index (χ2n) is 4.85. The zero-order valence-electron chi connectivity index (χ0n) is 13.5. The molecule has 0 aliphatic carbocycles. The van der Waals surface area contributed by atoms with Crippen LogP contribution in [0.25, 0.3) is 0 Å². The van der Waals surface area contributed by atoms with Crippen LogP contribution in [0.15, 0.2) is 0 Å². The van der Waals surface area contributed by atoms with Crippen LogP contribution < -0.4 is 5.32 Å². The van der Waals surface area contributed by atoms with E-state index in [-0.39, 0.29) is 0 Å². The number of hydrogen-bond donors (Lipinski definition) is 1. The van der Waals surface area contributed by atoms with E-state index in [4.69, 9.17) is 13.3 Å². The molecule has 0 rings (SSSR count). The van der Waals surface area contributed by atoms with Crippen LogP contribution in [0.1, 0.15) is 47.5 Å². The Balaban J connectivity index is 4.26. The van der Waals surface area contributed by atoms with Crippen molar-refractivity contribution in [2.24, 2.45) is 5.92 Å². The second-order valence-corrected chi connectivity index (χ2v) is 7.49. The minimum absolute atomic E-state index is 0.508. The number of nitrogens with one attached hydrogen (secondary N) is 1. The summed E-state index contributed by atoms with van der Waals surface area (Å²) in [6.07, 6.45) is 2.47. The molecule has 0 radical (unpaired) electrons. The predicted octanol–water partition coefficient (Wildman–Crippen LogP) is 3.06. The summed E-state index contributed by atoms with van der Waals surface area (Å²) < 4.78 is 17.6. The van der Waals surface area contributed by atoms with Crippen LogP contribution in [0, 0.1) is 5.92 Å². The first-order valence-electron chi connectivity index (χ1n) is 7.76. The van der Waals surface area contributed by atoms with Gasteiger partial charge in [-0.3, -0.25) is 0 Å². The minimum atomic E-state index is -2.47. The highest BCUT2D eigenvalue weighted by atomic mass is 28.4. The molecule has 0 aliphatic rings. The topological polar surface area (TPSA) is 39.7 Å². The Morgan fingerprint density at radius 1 is 0.947 bits per heavy atom. The van der Waals surface area contributed by atoms with Gasteiger partial charge in [0.1, 0.15) is 0 Å². The summed E-state index contributed by atoms with van der Waals surface area (Å²) in [6, 6.07) is 0.891. The largest absolute Gasteiger partial charge is 0.501 e. The van der Waals surface area contributed by atoms with E-state index in [1.54, 1.807) is 0 Å². The molecule has 116 valence electrons. The van der Waals surface area contributed by atoms with Gasteiger partial charge in [-0.1, -0.05) is 20.3 Å². The molecule has 1 atom stereocenters. The first-order valence-corrected chi connectivity index (χ1v) is 9.69. The van der Waals surface area contributed by atoms with Gasteiger partial charge in [0, 0.05) is 25.9 Å². The average Bonchev–Trinajstić information content (AvgIpc) is 2.35. The van der Waals surface area contributed by atoms with Crippen LogP contribution in [0.5, 0.6) is 0 Å². The number of unbranched alkanes of at least 4 members (excludes halogenated alkanes) is 1. The Morgan fingerprint density at radius 3 is 1.89 bits per heavy atom. The molecule has 19 heavy (non-hydrogen) atoms. The molecule has 4 nitrogen and oxygen atoms in total. The SMILES string of the molecule is CCCCNCC(C)C[Si](OCC)(OCC)OCC. The molecule has 0 saturated carbocycles. The second kappa shape index (κ2) is 11.8. The normalized spacial score (nSPS) is 13.7. The van der Waals surface area contributed by atoms with Crippen LogP contribution >= 0.6 is 0 Å². The van der Waals surface area contributed by atoms with Crippen LogP contribution in [0.4, 0.5) is 0 Å². The number of rotatable bonds is 13. The fourth-order valence-electron chi connectivity index (χ4n) is 2.11. The van der Waals surface area contributed by atoms with Gasteiger partial charge in [-0.15, -0.1) is 0 Å². The molecule has 0 aromatic heterocycles. The lowest BCUT2D eigenvalue weighted by atomic mass is 10.2. The summed E-state index contributed by atoms with van der Waals surface area (Å²) in [4.78, 5) is 0. The summed E-state index contributed by atoms with van der Waals surface area (Å²) in [5.41, 5.74) is 0. The molecule has 0 amide bonds. The van der Waals surface area contributed by atoms with Crippen molar-refractivity contribution < 1.29 is 13.3 Å². The van der Waals surface area contributed by atoms with Crippen molar-refractivity contribution in [3.63, 3.8) is 0 Å². The molecule has 0 spiro atoms. The lowest BCUT2D eigenvalue weighted by Crippen LogP contribution is -2.48. The molecular weight excluding hydrogens is 258 g/mol. The Kier molecular flexibility index (Phi) is 11.9. The summed E-state index contributed by atoms with van der Waals surface area (Å²) in [7, 11) is -2.47. The maximum absolute atomic E-state index is 5.88. The average molecular weight is 292 g/mol. The van der Waals surface area contributed by atoms with Crippen LogP contribution in [0.3, 0.4) is 0 Å². The van der Waals surface area contributed by atoms with Crippen molar-refractivity contribution in [2.45, 2.75) is 53.5 Å². The quantitative estimate of drug-likeness (QED) is 0.418. The van der Waals surface area contributed by atoms with Gasteiger partial charge in [-0.05, 0) is 46.2 Å². The molecule has 0 aliphatic heterocycles. The number of hydrogen-bond acceptors (Lipinski definition) is 4. The van der Waals surface area contributed by atoms with Gasteiger partial charge >= 0.3 is 8.80 Å². The van der Waals surface area contributed by atoms with Gasteiger partial charge in [0.15, 0.2) is 0 Å². The third kappa shape index (κ3) is 8.76. The molecule has 0 saturated heterocycles. The van der Waals surface area contributed by atoms with Gasteiger partial charge in [0.2, 0.25) is 0 Å². The molecule has 0 bridgehead atoms. The third-order valence-corrected chi connectivity index (χ3v) is 6.27. The van der Waals surface area contributed by atoms with Gasteiger partial charge in [-0.2, -0.15) is 0 Å². The fraction of sp³-hybridized carbons (Fsp3) is 1.00. The van der Waals surface area contributed by atoms with Gasteiger partial charge in [0.25, 0.3) is 0 Å². The predicted molar refractivity (Wildman–Crippen MR) is 82.4 cm³/mol.